The molecule has 5 rings (SSSR count). The van der Waals surface area contributed by atoms with Crippen molar-refractivity contribution in [3.05, 3.63) is 41.6 Å². The van der Waals surface area contributed by atoms with Gasteiger partial charge in [-0.3, -0.25) is 19.4 Å². The molecule has 13 heteroatoms. The topological polar surface area (TPSA) is 125 Å². The number of rotatable bonds is 8. The molecular formula is C21H20F2N8O3. The number of carbonyl (C=O) groups excluding carboxylic acids is 3. The summed E-state index contributed by atoms with van der Waals surface area (Å²) in [6.07, 6.45) is 3.25. The summed E-state index contributed by atoms with van der Waals surface area (Å²) in [5.41, 5.74) is 2.65. The Morgan fingerprint density at radius 1 is 1.15 bits per heavy atom. The molecule has 1 aliphatic heterocycles. The fourth-order valence-electron chi connectivity index (χ4n) is 3.83. The Balaban J connectivity index is 1.46. The Morgan fingerprint density at radius 3 is 2.56 bits per heavy atom. The summed E-state index contributed by atoms with van der Waals surface area (Å²) in [6, 6.07) is 2.81. The van der Waals surface area contributed by atoms with Crippen LogP contribution in [0.25, 0.3) is 5.65 Å². The van der Waals surface area contributed by atoms with Gasteiger partial charge < -0.3 is 15.0 Å². The fourth-order valence-corrected chi connectivity index (χ4v) is 3.83. The average Bonchev–Trinajstić information content (AvgIpc) is 3.53. The molecule has 2 fully saturated rings. The molecule has 4 amide bonds. The summed E-state index contributed by atoms with van der Waals surface area (Å²) < 4.78 is 28.0. The van der Waals surface area contributed by atoms with Gasteiger partial charge in [-0.15, -0.1) is 0 Å². The molecule has 4 heterocycles. The maximum Gasteiger partial charge on any atom is 0.331 e. The van der Waals surface area contributed by atoms with Gasteiger partial charge in [0.25, 0.3) is 6.43 Å². The Bertz CT molecular complexity index is 1310. The third-order valence-corrected chi connectivity index (χ3v) is 5.72. The maximum atomic E-state index is 13.1. The van der Waals surface area contributed by atoms with Gasteiger partial charge >= 0.3 is 6.03 Å². The number of carbonyl (C=O) groups is 3. The van der Waals surface area contributed by atoms with Gasteiger partial charge in [-0.05, 0) is 30.4 Å². The number of hydrogen-bond acceptors (Lipinski definition) is 7. The normalized spacial score (nSPS) is 16.1. The number of alkyl halides is 2. The molecule has 0 aromatic carbocycles. The van der Waals surface area contributed by atoms with E-state index in [2.05, 4.69) is 25.6 Å². The molecular weight excluding hydrogens is 450 g/mol. The third-order valence-electron chi connectivity index (χ3n) is 5.72. The first kappa shape index (κ1) is 21.7. The van der Waals surface area contributed by atoms with Crippen LogP contribution in [-0.2, 0) is 16.1 Å². The molecule has 1 saturated carbocycles. The average molecular weight is 470 g/mol. The van der Waals surface area contributed by atoms with Crippen LogP contribution in [0.2, 0.25) is 0 Å². The highest BCUT2D eigenvalue weighted by atomic mass is 19.3. The molecule has 3 aromatic rings. The second-order valence-electron chi connectivity index (χ2n) is 8.13. The number of aromatic nitrogens is 4. The first-order valence-corrected chi connectivity index (χ1v) is 10.5. The van der Waals surface area contributed by atoms with Crippen LogP contribution in [0.15, 0.2) is 24.5 Å². The maximum absolute atomic E-state index is 13.1. The van der Waals surface area contributed by atoms with Crippen molar-refractivity contribution in [2.24, 2.45) is 0 Å². The molecule has 1 saturated heterocycles. The van der Waals surface area contributed by atoms with Crippen molar-refractivity contribution in [2.45, 2.75) is 31.7 Å². The molecule has 0 bridgehead atoms. The van der Waals surface area contributed by atoms with Crippen LogP contribution in [0.4, 0.5) is 30.9 Å². The van der Waals surface area contributed by atoms with E-state index >= 15 is 0 Å². The quantitative estimate of drug-likeness (QED) is 0.383. The molecule has 0 atom stereocenters. The number of nitrogens with one attached hydrogen (secondary N) is 2. The first-order chi connectivity index (χ1) is 16.3. The molecule has 3 aromatic heterocycles. The van der Waals surface area contributed by atoms with Crippen molar-refractivity contribution in [3.8, 4) is 0 Å². The zero-order valence-electron chi connectivity index (χ0n) is 18.0. The minimum absolute atomic E-state index is 0.0597. The highest BCUT2D eigenvalue weighted by Gasteiger charge is 2.36. The molecule has 2 N–H and O–H groups in total. The van der Waals surface area contributed by atoms with Crippen molar-refractivity contribution in [1.29, 1.82) is 0 Å². The zero-order valence-corrected chi connectivity index (χ0v) is 18.0. The van der Waals surface area contributed by atoms with Crippen LogP contribution in [0, 0.1) is 0 Å². The largest absolute Gasteiger partial charge is 0.364 e. The summed E-state index contributed by atoms with van der Waals surface area (Å²) in [6.45, 7) is 0.0658. The molecule has 0 radical (unpaired) electrons. The number of halogens is 2. The van der Waals surface area contributed by atoms with Crippen molar-refractivity contribution in [1.82, 2.24) is 24.3 Å². The van der Waals surface area contributed by atoms with Crippen LogP contribution in [0.5, 0.6) is 0 Å². The zero-order chi connectivity index (χ0) is 24.0. The number of imidazole rings is 1. The van der Waals surface area contributed by atoms with Crippen molar-refractivity contribution >= 4 is 41.3 Å². The first-order valence-electron chi connectivity index (χ1n) is 10.5. The van der Waals surface area contributed by atoms with Gasteiger partial charge in [0, 0.05) is 25.5 Å². The minimum atomic E-state index is -2.91. The number of anilines is 3. The standard InChI is InChI=1S/C21H20F2N8O3/c1-29-17(33)9-31(21(29)34)14-4-12(11-2-3-11)7-30-8-13(26-20(14)30)6-24-15-5-16(25-10-32)28-19(27-15)18(22)23/h4-5,7-8,10-11,18H,2-3,6,9H2,1H3,(H2,24,25,27,28,32). The summed E-state index contributed by atoms with van der Waals surface area (Å²) in [4.78, 5) is 49.8. The van der Waals surface area contributed by atoms with E-state index in [-0.39, 0.29) is 30.6 Å². The Labute approximate surface area is 191 Å². The Kier molecular flexibility index (Phi) is 5.30. The predicted molar refractivity (Wildman–Crippen MR) is 117 cm³/mol. The molecule has 1 aliphatic carbocycles. The van der Waals surface area contributed by atoms with E-state index in [1.807, 2.05) is 12.3 Å². The highest BCUT2D eigenvalue weighted by Crippen LogP contribution is 2.42. The minimum Gasteiger partial charge on any atom is -0.364 e. The molecule has 0 spiro atoms. The summed E-state index contributed by atoms with van der Waals surface area (Å²) in [5.74, 6) is -0.590. The number of pyridine rings is 1. The summed E-state index contributed by atoms with van der Waals surface area (Å²) in [7, 11) is 1.44. The number of likely N-dealkylation sites (N-methyl/N-ethyl adjacent to an activating group) is 1. The lowest BCUT2D eigenvalue weighted by molar-refractivity contribution is -0.123. The number of urea groups is 1. The van der Waals surface area contributed by atoms with E-state index in [4.69, 9.17) is 0 Å². The van der Waals surface area contributed by atoms with Crippen molar-refractivity contribution < 1.29 is 23.2 Å². The monoisotopic (exact) mass is 470 g/mol. The second-order valence-corrected chi connectivity index (χ2v) is 8.13. The van der Waals surface area contributed by atoms with Crippen LogP contribution in [0.1, 0.15) is 42.3 Å². The van der Waals surface area contributed by atoms with Crippen LogP contribution < -0.4 is 15.5 Å². The van der Waals surface area contributed by atoms with Gasteiger partial charge in [-0.1, -0.05) is 0 Å². The molecule has 11 nitrogen and oxygen atoms in total. The highest BCUT2D eigenvalue weighted by molar-refractivity contribution is 6.13. The lowest BCUT2D eigenvalue weighted by Gasteiger charge is -2.17. The van der Waals surface area contributed by atoms with Crippen LogP contribution >= 0.6 is 0 Å². The predicted octanol–water partition coefficient (Wildman–Crippen LogP) is 2.52. The van der Waals surface area contributed by atoms with E-state index in [1.165, 1.54) is 18.0 Å². The van der Waals surface area contributed by atoms with Gasteiger partial charge in [0.1, 0.15) is 18.2 Å². The van der Waals surface area contributed by atoms with Gasteiger partial charge in [0.05, 0.1) is 17.9 Å². The lowest BCUT2D eigenvalue weighted by Crippen LogP contribution is -2.30. The Morgan fingerprint density at radius 2 is 1.91 bits per heavy atom. The number of nitrogens with zero attached hydrogens (tertiary/aromatic N) is 6. The third kappa shape index (κ3) is 4.00. The van der Waals surface area contributed by atoms with Gasteiger partial charge in [-0.25, -0.2) is 28.5 Å². The number of imide groups is 1. The molecule has 0 unspecified atom stereocenters. The van der Waals surface area contributed by atoms with Crippen LogP contribution in [-0.4, -0.2) is 56.2 Å². The second kappa shape index (κ2) is 8.32. The number of hydrogen-bond donors (Lipinski definition) is 2. The smallest absolute Gasteiger partial charge is 0.331 e. The molecule has 176 valence electrons. The van der Waals surface area contributed by atoms with E-state index in [0.717, 1.165) is 23.3 Å². The molecule has 2 aliphatic rings. The number of amides is 4. The number of fused-ring (bicyclic) bond motifs is 1. The van der Waals surface area contributed by atoms with Gasteiger partial charge in [0.15, 0.2) is 11.5 Å². The lowest BCUT2D eigenvalue weighted by atomic mass is 10.1. The van der Waals surface area contributed by atoms with Gasteiger partial charge in [0.2, 0.25) is 12.3 Å². The van der Waals surface area contributed by atoms with Crippen molar-refractivity contribution in [3.63, 3.8) is 0 Å². The summed E-state index contributed by atoms with van der Waals surface area (Å²) in [5, 5.41) is 5.16. The SMILES string of the molecule is CN1C(=O)CN(c2cc(C3CC3)cn3cc(CNc4cc(NC=O)nc(C(F)F)n4)nc23)C1=O. The fraction of sp³-hybridized carbons (Fsp3) is 0.333. The van der Waals surface area contributed by atoms with E-state index in [1.54, 1.807) is 10.6 Å². The van der Waals surface area contributed by atoms with E-state index in [9.17, 15) is 23.2 Å². The van der Waals surface area contributed by atoms with E-state index in [0.29, 0.717) is 29.4 Å². The van der Waals surface area contributed by atoms with Gasteiger partial charge in [-0.2, -0.15) is 0 Å². The molecule has 34 heavy (non-hydrogen) atoms. The van der Waals surface area contributed by atoms with Crippen LogP contribution in [0.3, 0.4) is 0 Å². The summed E-state index contributed by atoms with van der Waals surface area (Å²) >= 11 is 0. The van der Waals surface area contributed by atoms with E-state index < -0.39 is 18.3 Å². The van der Waals surface area contributed by atoms with Crippen molar-refractivity contribution in [2.75, 3.05) is 29.1 Å². The Hall–Kier alpha value is -4.16.